The molecule has 5 nitrogen and oxygen atoms in total. The molecule has 2 heterocycles. The maximum Gasteiger partial charge on any atom is 0.329 e. The van der Waals surface area contributed by atoms with E-state index in [4.69, 9.17) is 0 Å². The van der Waals surface area contributed by atoms with Crippen molar-refractivity contribution in [2.24, 2.45) is 0 Å². The van der Waals surface area contributed by atoms with Crippen LogP contribution in [0.3, 0.4) is 0 Å². The van der Waals surface area contributed by atoms with E-state index in [0.717, 1.165) is 24.9 Å². The molecule has 1 aliphatic rings. The minimum Gasteiger partial charge on any atom is -0.479 e. The maximum absolute atomic E-state index is 11.7. The lowest BCUT2D eigenvalue weighted by molar-refractivity contribution is -0.143. The van der Waals surface area contributed by atoms with Crippen LogP contribution in [0.5, 0.6) is 0 Å². The van der Waals surface area contributed by atoms with Crippen LogP contribution in [0.15, 0.2) is 12.4 Å². The summed E-state index contributed by atoms with van der Waals surface area (Å²) in [6.45, 7) is 4.65. The Morgan fingerprint density at radius 1 is 1.50 bits per heavy atom. The van der Waals surface area contributed by atoms with Crippen molar-refractivity contribution >= 4 is 11.9 Å². The summed E-state index contributed by atoms with van der Waals surface area (Å²) in [7, 11) is 0. The van der Waals surface area contributed by atoms with Crippen molar-refractivity contribution in [2.45, 2.75) is 45.1 Å². The minimum atomic E-state index is -0.815. The molecule has 5 heteroatoms. The summed E-state index contributed by atoms with van der Waals surface area (Å²) in [5.74, 6) is -0.222. The van der Waals surface area contributed by atoms with E-state index in [1.165, 1.54) is 0 Å². The van der Waals surface area contributed by atoms with Crippen LogP contribution in [0, 0.1) is 6.92 Å². The molecule has 0 bridgehead atoms. The monoisotopic (exact) mass is 249 g/mol. The van der Waals surface area contributed by atoms with Crippen LogP contribution in [0.1, 0.15) is 38.2 Å². The lowest BCUT2D eigenvalue weighted by atomic mass is 9.91. The molecule has 0 aromatic carbocycles. The van der Waals surface area contributed by atoms with E-state index in [9.17, 15) is 9.90 Å². The smallest absolute Gasteiger partial charge is 0.329 e. The first-order chi connectivity index (χ1) is 8.60. The van der Waals surface area contributed by atoms with Gasteiger partial charge in [0.15, 0.2) is 0 Å². The topological polar surface area (TPSA) is 66.3 Å². The molecule has 18 heavy (non-hydrogen) atoms. The second kappa shape index (κ2) is 4.92. The molecular weight excluding hydrogens is 230 g/mol. The van der Waals surface area contributed by atoms with E-state index in [0.29, 0.717) is 18.8 Å². The van der Waals surface area contributed by atoms with Gasteiger partial charge in [0.2, 0.25) is 5.95 Å². The van der Waals surface area contributed by atoms with E-state index in [1.54, 1.807) is 12.4 Å². The Balaban J connectivity index is 2.35. The number of aliphatic carboxylic acids is 1. The van der Waals surface area contributed by atoms with Crippen molar-refractivity contribution in [3.05, 3.63) is 18.0 Å². The Morgan fingerprint density at radius 3 is 2.72 bits per heavy atom. The first-order valence-corrected chi connectivity index (χ1v) is 6.40. The number of rotatable bonds is 4. The molecule has 98 valence electrons. The molecule has 2 rings (SSSR count). The van der Waals surface area contributed by atoms with Gasteiger partial charge in [-0.1, -0.05) is 13.3 Å². The highest BCUT2D eigenvalue weighted by atomic mass is 16.4. The molecule has 0 radical (unpaired) electrons. The summed E-state index contributed by atoms with van der Waals surface area (Å²) in [5.41, 5.74) is 0.165. The lowest BCUT2D eigenvalue weighted by Crippen LogP contribution is -2.51. The molecule has 1 aromatic heterocycles. The maximum atomic E-state index is 11.7. The van der Waals surface area contributed by atoms with Gasteiger partial charge >= 0.3 is 5.97 Å². The highest BCUT2D eigenvalue weighted by Gasteiger charge is 2.48. The SMILES string of the molecule is CCCC1(C(=O)O)CCCN1c1ncc(C)cn1. The highest BCUT2D eigenvalue weighted by Crippen LogP contribution is 2.36. The van der Waals surface area contributed by atoms with Crippen LogP contribution in [0.25, 0.3) is 0 Å². The molecule has 1 saturated heterocycles. The number of aromatic nitrogens is 2. The number of hydrogen-bond acceptors (Lipinski definition) is 4. The van der Waals surface area contributed by atoms with Gasteiger partial charge in [-0.3, -0.25) is 0 Å². The predicted octanol–water partition coefficient (Wildman–Crippen LogP) is 2.01. The van der Waals surface area contributed by atoms with Crippen LogP contribution in [-0.4, -0.2) is 33.1 Å². The zero-order valence-corrected chi connectivity index (χ0v) is 10.9. The fourth-order valence-corrected chi connectivity index (χ4v) is 2.70. The third-order valence-corrected chi connectivity index (χ3v) is 3.56. The van der Waals surface area contributed by atoms with Gasteiger partial charge in [0.1, 0.15) is 5.54 Å². The molecule has 0 amide bonds. The highest BCUT2D eigenvalue weighted by molar-refractivity contribution is 5.83. The Hall–Kier alpha value is -1.65. The van der Waals surface area contributed by atoms with E-state index >= 15 is 0 Å². The first-order valence-electron chi connectivity index (χ1n) is 6.40. The van der Waals surface area contributed by atoms with E-state index < -0.39 is 11.5 Å². The van der Waals surface area contributed by atoms with Gasteiger partial charge in [-0.25, -0.2) is 14.8 Å². The van der Waals surface area contributed by atoms with Gasteiger partial charge < -0.3 is 10.0 Å². The summed E-state index contributed by atoms with van der Waals surface area (Å²) in [6.07, 6.45) is 6.50. The Kier molecular flexibility index (Phi) is 3.50. The number of aryl methyl sites for hydroxylation is 1. The zero-order chi connectivity index (χ0) is 13.2. The predicted molar refractivity (Wildman–Crippen MR) is 68.6 cm³/mol. The third-order valence-electron chi connectivity index (χ3n) is 3.56. The van der Waals surface area contributed by atoms with Crippen LogP contribution >= 0.6 is 0 Å². The molecule has 1 N–H and O–H groups in total. The molecule has 0 saturated carbocycles. The fraction of sp³-hybridized carbons (Fsp3) is 0.615. The standard InChI is InChI=1S/C13H19N3O2/c1-3-5-13(11(17)18)6-4-7-16(13)12-14-8-10(2)9-15-12/h8-9H,3-7H2,1-2H3,(H,17,18). The van der Waals surface area contributed by atoms with Gasteiger partial charge in [0, 0.05) is 18.9 Å². The summed E-state index contributed by atoms with van der Waals surface area (Å²) in [6, 6.07) is 0. The van der Waals surface area contributed by atoms with Crippen molar-refractivity contribution in [3.63, 3.8) is 0 Å². The number of hydrogen-bond donors (Lipinski definition) is 1. The first kappa shape index (κ1) is 12.8. The molecular formula is C13H19N3O2. The average Bonchev–Trinajstić information content (AvgIpc) is 2.76. The van der Waals surface area contributed by atoms with Crippen LogP contribution in [0.2, 0.25) is 0 Å². The molecule has 1 aliphatic heterocycles. The average molecular weight is 249 g/mol. The van der Waals surface area contributed by atoms with Crippen molar-refractivity contribution in [1.82, 2.24) is 9.97 Å². The number of carboxylic acid groups (broad SMARTS) is 1. The van der Waals surface area contributed by atoms with E-state index in [-0.39, 0.29) is 0 Å². The van der Waals surface area contributed by atoms with Crippen LogP contribution in [0.4, 0.5) is 5.95 Å². The van der Waals surface area contributed by atoms with Crippen molar-refractivity contribution in [2.75, 3.05) is 11.4 Å². The van der Waals surface area contributed by atoms with Gasteiger partial charge in [0.25, 0.3) is 0 Å². The van der Waals surface area contributed by atoms with Crippen LogP contribution in [-0.2, 0) is 4.79 Å². The minimum absolute atomic E-state index is 0.536. The summed E-state index contributed by atoms with van der Waals surface area (Å²) in [4.78, 5) is 22.1. The number of anilines is 1. The van der Waals surface area contributed by atoms with Crippen molar-refractivity contribution < 1.29 is 9.90 Å². The Bertz CT molecular complexity index is 432. The summed E-state index contributed by atoms with van der Waals surface area (Å²) < 4.78 is 0. The quantitative estimate of drug-likeness (QED) is 0.884. The normalized spacial score (nSPS) is 23.3. The second-order valence-corrected chi connectivity index (χ2v) is 4.90. The van der Waals surface area contributed by atoms with Crippen molar-refractivity contribution in [1.29, 1.82) is 0 Å². The zero-order valence-electron chi connectivity index (χ0n) is 10.9. The number of carboxylic acids is 1. The number of carbonyl (C=O) groups is 1. The molecule has 1 fully saturated rings. The Labute approximate surface area is 107 Å². The molecule has 1 atom stereocenters. The van der Waals surface area contributed by atoms with Crippen LogP contribution < -0.4 is 4.90 Å². The molecule has 0 spiro atoms. The van der Waals surface area contributed by atoms with Gasteiger partial charge in [-0.05, 0) is 31.7 Å². The molecule has 1 aromatic rings. The van der Waals surface area contributed by atoms with E-state index in [1.807, 2.05) is 18.7 Å². The third kappa shape index (κ3) is 2.05. The van der Waals surface area contributed by atoms with Gasteiger partial charge in [-0.2, -0.15) is 0 Å². The lowest BCUT2D eigenvalue weighted by Gasteiger charge is -2.34. The van der Waals surface area contributed by atoms with E-state index in [2.05, 4.69) is 9.97 Å². The molecule has 1 unspecified atom stereocenters. The fourth-order valence-electron chi connectivity index (χ4n) is 2.70. The van der Waals surface area contributed by atoms with Gasteiger partial charge in [-0.15, -0.1) is 0 Å². The van der Waals surface area contributed by atoms with Crippen molar-refractivity contribution in [3.8, 4) is 0 Å². The second-order valence-electron chi connectivity index (χ2n) is 4.90. The summed E-state index contributed by atoms with van der Waals surface area (Å²) >= 11 is 0. The largest absolute Gasteiger partial charge is 0.479 e. The summed E-state index contributed by atoms with van der Waals surface area (Å²) in [5, 5.41) is 9.58. The number of nitrogens with zero attached hydrogens (tertiary/aromatic N) is 3. The Morgan fingerprint density at radius 2 is 2.17 bits per heavy atom. The van der Waals surface area contributed by atoms with Gasteiger partial charge in [0.05, 0.1) is 0 Å². The molecule has 0 aliphatic carbocycles.